The number of thioether (sulfide) groups is 1. The molecule has 1 aliphatic rings. The number of aliphatic imine (C=N–C) groups is 1. The van der Waals surface area contributed by atoms with Crippen molar-refractivity contribution in [3.8, 4) is 17.2 Å². The van der Waals surface area contributed by atoms with Crippen LogP contribution in [0.3, 0.4) is 0 Å². The summed E-state index contributed by atoms with van der Waals surface area (Å²) in [7, 11) is 1.63. The minimum absolute atomic E-state index is 0.0374. The quantitative estimate of drug-likeness (QED) is 0.201. The molecule has 204 valence electrons. The first-order valence-electron chi connectivity index (χ1n) is 13.0. The van der Waals surface area contributed by atoms with Gasteiger partial charge in [-0.1, -0.05) is 29.8 Å². The average molecular weight is 572 g/mol. The number of hydrogen-bond acceptors (Lipinski definition) is 5. The van der Waals surface area contributed by atoms with Crippen LogP contribution >= 0.6 is 23.4 Å². The zero-order valence-corrected chi connectivity index (χ0v) is 24.4. The van der Waals surface area contributed by atoms with Crippen LogP contribution in [0.5, 0.6) is 11.5 Å². The first kappa shape index (κ1) is 27.6. The molecular formula is C32H30ClN3O3S. The number of nitrogens with zero attached hydrogens (tertiary/aromatic N) is 3. The molecule has 0 aliphatic carbocycles. The van der Waals surface area contributed by atoms with E-state index < -0.39 is 0 Å². The van der Waals surface area contributed by atoms with Crippen molar-refractivity contribution < 1.29 is 14.3 Å². The predicted octanol–water partition coefficient (Wildman–Crippen LogP) is 7.96. The molecule has 5 rings (SSSR count). The molecule has 1 aromatic heterocycles. The third-order valence-electron chi connectivity index (χ3n) is 6.71. The fraction of sp³-hybridized carbons (Fsp3) is 0.188. The number of benzene rings is 3. The predicted molar refractivity (Wildman–Crippen MR) is 164 cm³/mol. The molecule has 0 atom stereocenters. The van der Waals surface area contributed by atoms with E-state index in [-0.39, 0.29) is 5.91 Å². The minimum Gasteiger partial charge on any atom is -0.497 e. The molecule has 0 saturated carbocycles. The number of methoxy groups -OCH3 is 1. The van der Waals surface area contributed by atoms with Gasteiger partial charge in [-0.2, -0.15) is 0 Å². The molecule has 2 heterocycles. The highest BCUT2D eigenvalue weighted by atomic mass is 35.5. The second-order valence-corrected chi connectivity index (χ2v) is 10.7. The van der Waals surface area contributed by atoms with E-state index in [1.54, 1.807) is 12.0 Å². The van der Waals surface area contributed by atoms with E-state index in [2.05, 4.69) is 24.5 Å². The molecule has 1 amide bonds. The molecular weight excluding hydrogens is 542 g/mol. The van der Waals surface area contributed by atoms with Gasteiger partial charge in [0, 0.05) is 34.2 Å². The van der Waals surface area contributed by atoms with Crippen LogP contribution in [0.1, 0.15) is 29.4 Å². The summed E-state index contributed by atoms with van der Waals surface area (Å²) in [6.45, 7) is 7.04. The second kappa shape index (κ2) is 12.1. The molecule has 1 saturated heterocycles. The Hall–Kier alpha value is -3.94. The van der Waals surface area contributed by atoms with Gasteiger partial charge < -0.3 is 14.0 Å². The molecule has 8 heteroatoms. The lowest BCUT2D eigenvalue weighted by atomic mass is 10.2. The summed E-state index contributed by atoms with van der Waals surface area (Å²) in [5.74, 6) is 1.50. The standard InChI is InChI=1S/C32H30ClN3O3S/c1-5-35-31(37)30(40-32(35)34-25-10-14-27(38-4)15-11-25)19-24-18-21(2)36(22(24)3)26-12-16-28(17-13-26)39-20-23-8-6-7-9-29(23)33/h6-19H,5,20H2,1-4H3/b30-19+,34-32?. The fourth-order valence-electron chi connectivity index (χ4n) is 4.58. The van der Waals surface area contributed by atoms with E-state index in [0.29, 0.717) is 28.2 Å². The van der Waals surface area contributed by atoms with Crippen LogP contribution in [0.2, 0.25) is 5.02 Å². The largest absolute Gasteiger partial charge is 0.497 e. The first-order chi connectivity index (χ1) is 19.4. The van der Waals surface area contributed by atoms with Gasteiger partial charge >= 0.3 is 0 Å². The molecule has 0 unspecified atom stereocenters. The molecule has 0 radical (unpaired) electrons. The third kappa shape index (κ3) is 5.81. The second-order valence-electron chi connectivity index (χ2n) is 9.29. The van der Waals surface area contributed by atoms with Crippen molar-refractivity contribution in [2.75, 3.05) is 13.7 Å². The highest BCUT2D eigenvalue weighted by molar-refractivity contribution is 8.18. The molecule has 0 bridgehead atoms. The highest BCUT2D eigenvalue weighted by Crippen LogP contribution is 2.35. The lowest BCUT2D eigenvalue weighted by Gasteiger charge is -2.12. The molecule has 4 aromatic rings. The van der Waals surface area contributed by atoms with Gasteiger partial charge in [0.25, 0.3) is 5.91 Å². The molecule has 0 spiro atoms. The Morgan fingerprint density at radius 2 is 1.68 bits per heavy atom. The number of likely N-dealkylation sites (N-methyl/N-ethyl adjacent to an activating group) is 1. The molecule has 3 aromatic carbocycles. The van der Waals surface area contributed by atoms with Crippen molar-refractivity contribution in [2.45, 2.75) is 27.4 Å². The van der Waals surface area contributed by atoms with E-state index in [1.807, 2.05) is 85.8 Å². The molecule has 6 nitrogen and oxygen atoms in total. The molecule has 40 heavy (non-hydrogen) atoms. The van der Waals surface area contributed by atoms with Gasteiger partial charge in [-0.05, 0) is 105 Å². The van der Waals surface area contributed by atoms with Crippen molar-refractivity contribution in [2.24, 2.45) is 4.99 Å². The van der Waals surface area contributed by atoms with Crippen LogP contribution in [0.15, 0.2) is 88.8 Å². The summed E-state index contributed by atoms with van der Waals surface area (Å²) < 4.78 is 13.4. The number of rotatable bonds is 8. The maximum Gasteiger partial charge on any atom is 0.266 e. The zero-order valence-electron chi connectivity index (χ0n) is 22.8. The highest BCUT2D eigenvalue weighted by Gasteiger charge is 2.32. The van der Waals surface area contributed by atoms with E-state index in [1.165, 1.54) is 11.8 Å². The van der Waals surface area contributed by atoms with Gasteiger partial charge in [0.15, 0.2) is 5.17 Å². The maximum absolute atomic E-state index is 13.2. The summed E-state index contributed by atoms with van der Waals surface area (Å²) >= 11 is 7.65. The van der Waals surface area contributed by atoms with Crippen LogP contribution in [-0.2, 0) is 11.4 Å². The van der Waals surface area contributed by atoms with Crippen LogP contribution in [0, 0.1) is 13.8 Å². The third-order valence-corrected chi connectivity index (χ3v) is 8.08. The van der Waals surface area contributed by atoms with E-state index in [9.17, 15) is 4.79 Å². The van der Waals surface area contributed by atoms with Crippen molar-refractivity contribution in [3.63, 3.8) is 0 Å². The van der Waals surface area contributed by atoms with Crippen molar-refractivity contribution in [1.29, 1.82) is 0 Å². The Bertz CT molecular complexity index is 1590. The van der Waals surface area contributed by atoms with Crippen LogP contribution in [0.25, 0.3) is 11.8 Å². The van der Waals surface area contributed by atoms with E-state index >= 15 is 0 Å². The summed E-state index contributed by atoms with van der Waals surface area (Å²) in [5, 5.41) is 1.37. The lowest BCUT2D eigenvalue weighted by molar-refractivity contribution is -0.122. The van der Waals surface area contributed by atoms with Gasteiger partial charge in [0.05, 0.1) is 17.7 Å². The van der Waals surface area contributed by atoms with Crippen molar-refractivity contribution in [3.05, 3.63) is 111 Å². The Morgan fingerprint density at radius 3 is 2.35 bits per heavy atom. The number of aromatic nitrogens is 1. The van der Waals surface area contributed by atoms with Gasteiger partial charge in [0.2, 0.25) is 0 Å². The van der Waals surface area contributed by atoms with Gasteiger partial charge in [0.1, 0.15) is 18.1 Å². The number of carbonyl (C=O) groups is 1. The Kier molecular flexibility index (Phi) is 8.33. The lowest BCUT2D eigenvalue weighted by Crippen LogP contribution is -2.28. The van der Waals surface area contributed by atoms with Crippen molar-refractivity contribution >= 4 is 46.2 Å². The van der Waals surface area contributed by atoms with E-state index in [4.69, 9.17) is 26.1 Å². The van der Waals surface area contributed by atoms with Crippen molar-refractivity contribution in [1.82, 2.24) is 9.47 Å². The summed E-state index contributed by atoms with van der Waals surface area (Å²) in [6.07, 6.45) is 1.96. The number of amidine groups is 1. The zero-order chi connectivity index (χ0) is 28.2. The number of halogens is 1. The Labute approximate surface area is 243 Å². The molecule has 1 fully saturated rings. The Morgan fingerprint density at radius 1 is 0.975 bits per heavy atom. The summed E-state index contributed by atoms with van der Waals surface area (Å²) in [4.78, 5) is 20.3. The SMILES string of the molecule is CCN1C(=O)/C(=C\c2cc(C)n(-c3ccc(OCc4ccccc4Cl)cc3)c2C)SC1=Nc1ccc(OC)cc1. The minimum atomic E-state index is -0.0374. The topological polar surface area (TPSA) is 56.1 Å². The van der Waals surface area contributed by atoms with Gasteiger partial charge in [-0.25, -0.2) is 4.99 Å². The van der Waals surface area contributed by atoms with Crippen LogP contribution in [-0.4, -0.2) is 34.2 Å². The summed E-state index contributed by atoms with van der Waals surface area (Å²) in [6, 6.07) is 25.3. The first-order valence-corrected chi connectivity index (χ1v) is 14.2. The average Bonchev–Trinajstić information content (AvgIpc) is 3.42. The van der Waals surface area contributed by atoms with Gasteiger partial charge in [-0.15, -0.1) is 0 Å². The fourth-order valence-corrected chi connectivity index (χ4v) is 5.82. The van der Waals surface area contributed by atoms with E-state index in [0.717, 1.165) is 45.4 Å². The number of amides is 1. The normalized spacial score (nSPS) is 15.3. The number of aryl methyl sites for hydroxylation is 1. The number of ether oxygens (including phenoxy) is 2. The number of carbonyl (C=O) groups excluding carboxylic acids is 1. The van der Waals surface area contributed by atoms with Crippen LogP contribution in [0.4, 0.5) is 5.69 Å². The molecule has 0 N–H and O–H groups in total. The smallest absolute Gasteiger partial charge is 0.266 e. The van der Waals surface area contributed by atoms with Crippen LogP contribution < -0.4 is 9.47 Å². The maximum atomic E-state index is 13.2. The molecule has 1 aliphatic heterocycles. The van der Waals surface area contributed by atoms with Gasteiger partial charge in [-0.3, -0.25) is 9.69 Å². The Balaban J connectivity index is 1.35. The number of hydrogen-bond donors (Lipinski definition) is 0. The summed E-state index contributed by atoms with van der Waals surface area (Å²) in [5.41, 5.74) is 5.85. The monoisotopic (exact) mass is 571 g/mol.